The molecule has 0 aromatic heterocycles. The number of halogens is 2. The monoisotopic (exact) mass is 1150 g/mol. The van der Waals surface area contributed by atoms with E-state index in [1.807, 2.05) is 0 Å². The molecule has 0 amide bonds. The summed E-state index contributed by atoms with van der Waals surface area (Å²) in [5, 5.41) is 9.18. The molecule has 0 bridgehead atoms. The molecule has 9 rings (SSSR count). The molecule has 0 saturated heterocycles. The summed E-state index contributed by atoms with van der Waals surface area (Å²) in [6.45, 7) is 44.5. The third kappa shape index (κ3) is 9.11. The van der Waals surface area contributed by atoms with Gasteiger partial charge in [0.2, 0.25) is 0 Å². The van der Waals surface area contributed by atoms with Crippen LogP contribution in [-0.2, 0) is 16.4 Å². The Morgan fingerprint density at radius 1 is 0.500 bits per heavy atom. The van der Waals surface area contributed by atoms with Crippen LogP contribution in [0.5, 0.6) is 0 Å². The zero-order chi connectivity index (χ0) is 52.4. The van der Waals surface area contributed by atoms with Crippen molar-refractivity contribution in [1.82, 2.24) is 0 Å². The molecule has 0 fully saturated rings. The van der Waals surface area contributed by atoms with Gasteiger partial charge < -0.3 is 0 Å². The summed E-state index contributed by atoms with van der Waals surface area (Å²) in [5.41, 5.74) is 19.2. The van der Waals surface area contributed by atoms with E-state index in [1.54, 1.807) is 20.7 Å². The molecule has 72 heavy (non-hydrogen) atoms. The fraction of sp³-hybridized carbons (Fsp3) is 0.375. The molecule has 0 spiro atoms. The van der Waals surface area contributed by atoms with Crippen molar-refractivity contribution in [3.05, 3.63) is 148 Å². The van der Waals surface area contributed by atoms with E-state index in [1.165, 1.54) is 91.6 Å². The fourth-order valence-corrected chi connectivity index (χ4v) is 45.8. The van der Waals surface area contributed by atoms with Gasteiger partial charge in [-0.05, 0) is 0 Å². The maximum absolute atomic E-state index is 9.76. The van der Waals surface area contributed by atoms with E-state index in [0.717, 1.165) is 12.8 Å². The summed E-state index contributed by atoms with van der Waals surface area (Å²) < 4.78 is 1.08. The second-order valence-corrected chi connectivity index (χ2v) is 69.4. The molecule has 1 heterocycles. The van der Waals surface area contributed by atoms with Crippen LogP contribution in [0.25, 0.3) is 45.5 Å². The summed E-state index contributed by atoms with van der Waals surface area (Å²) in [5.74, 6) is 0.570. The van der Waals surface area contributed by atoms with E-state index in [4.69, 9.17) is 0 Å². The molecule has 4 atom stereocenters. The number of hydrogen-bond acceptors (Lipinski definition) is 0. The third-order valence-corrected chi connectivity index (χ3v) is 48.3. The van der Waals surface area contributed by atoms with Crippen LogP contribution >= 0.6 is 17.0 Å². The van der Waals surface area contributed by atoms with E-state index in [9.17, 15) is 17.0 Å². The van der Waals surface area contributed by atoms with Crippen LogP contribution in [0.1, 0.15) is 81.2 Å². The van der Waals surface area contributed by atoms with E-state index >= 15 is 0 Å². The Hall–Kier alpha value is -2.65. The van der Waals surface area contributed by atoms with Crippen LogP contribution in [0.4, 0.5) is 0 Å². The van der Waals surface area contributed by atoms with Gasteiger partial charge in [0.25, 0.3) is 0 Å². The van der Waals surface area contributed by atoms with Gasteiger partial charge in [-0.2, -0.15) is 0 Å². The van der Waals surface area contributed by atoms with Crippen molar-refractivity contribution in [3.8, 4) is 33.4 Å². The van der Waals surface area contributed by atoms with Crippen LogP contribution < -0.4 is 34.4 Å². The first kappa shape index (κ1) is 54.1. The van der Waals surface area contributed by atoms with Crippen molar-refractivity contribution in [3.63, 3.8) is 0 Å². The standard InChI is InChI=1S/2C26H37Si2.C12H9Si.2ClH.Zr/c2*1-10-18(2)21-13-20-12-11-19(3)26(25(20)16-21)22-14-23(27(4,5)6)17-24(15-22)28(7,8)9;1-3-7-11-9(5-1)10-6-2-4-8-12(10)13-11;;;/h2*11-18H,10H2,1-9H3;1-7H,13H2;2*1H;/q;;;;;+2/p-2. The van der Waals surface area contributed by atoms with Crippen molar-refractivity contribution in [2.45, 2.75) is 140 Å². The van der Waals surface area contributed by atoms with Crippen molar-refractivity contribution in [2.75, 3.05) is 0 Å². The van der Waals surface area contributed by atoms with Gasteiger partial charge in [-0.15, -0.1) is 0 Å². The molecule has 0 saturated carbocycles. The van der Waals surface area contributed by atoms with Crippen molar-refractivity contribution >= 4 is 105 Å². The topological polar surface area (TPSA) is 0 Å². The second-order valence-electron chi connectivity index (χ2n) is 26.7. The normalized spacial score (nSPS) is 18.5. The molecule has 6 aromatic rings. The van der Waals surface area contributed by atoms with Gasteiger partial charge in [-0.25, -0.2) is 0 Å². The predicted molar refractivity (Wildman–Crippen MR) is 337 cm³/mol. The SMILES string of the molecule is CCC(C)C1=Cc2c(ccc(C)c2-c2cc([Si](C)(C)C)cc([Si](C)(C)C)c2)[CH]1[Zr]([Cl])([Cl])([c]1cccc2c1[SiH2]c1ccccc1-2)[CH]1C(C(C)CC)=Cc2c1ccc(C)c2-c1cc([Si](C)(C)C)cc([Si](C)(C)C)c1. The van der Waals surface area contributed by atoms with Gasteiger partial charge in [-0.3, -0.25) is 0 Å². The van der Waals surface area contributed by atoms with Crippen LogP contribution in [-0.4, -0.2) is 41.8 Å². The Labute approximate surface area is 450 Å². The van der Waals surface area contributed by atoms with Gasteiger partial charge in [0.05, 0.1) is 0 Å². The van der Waals surface area contributed by atoms with E-state index in [0.29, 0.717) is 0 Å². The Morgan fingerprint density at radius 3 is 1.28 bits per heavy atom. The minimum atomic E-state index is -5.86. The van der Waals surface area contributed by atoms with E-state index in [-0.39, 0.29) is 19.1 Å². The zero-order valence-corrected chi connectivity index (χ0v) is 56.5. The van der Waals surface area contributed by atoms with Crippen LogP contribution in [0.2, 0.25) is 78.6 Å². The third-order valence-electron chi connectivity index (χ3n) is 17.6. The van der Waals surface area contributed by atoms with Gasteiger partial charge in [0.15, 0.2) is 0 Å². The molecule has 1 aliphatic heterocycles. The number of hydrogen-bond donors (Lipinski definition) is 0. The molecule has 6 aromatic carbocycles. The Balaban J connectivity index is 1.41. The molecular formula is C64H83Cl2Si5Zr. The van der Waals surface area contributed by atoms with Crippen LogP contribution in [0.3, 0.4) is 0 Å². The Bertz CT molecular complexity index is 3010. The first-order chi connectivity index (χ1) is 33.5. The van der Waals surface area contributed by atoms with Gasteiger partial charge >= 0.3 is 455 Å². The van der Waals surface area contributed by atoms with Gasteiger partial charge in [-0.1, -0.05) is 0 Å². The molecule has 4 unspecified atom stereocenters. The zero-order valence-electron chi connectivity index (χ0n) is 47.2. The number of aryl methyl sites for hydroxylation is 2. The molecule has 377 valence electrons. The molecule has 2 aliphatic carbocycles. The summed E-state index contributed by atoms with van der Waals surface area (Å²) in [6.07, 6.45) is 7.32. The average Bonchev–Trinajstić information content (AvgIpc) is 4.02. The van der Waals surface area contributed by atoms with Gasteiger partial charge in [0, 0.05) is 0 Å². The molecule has 0 N–H and O–H groups in total. The number of fused-ring (bicyclic) bond motifs is 5. The molecular weight excluding hydrogens is 1070 g/mol. The molecule has 0 nitrogen and oxygen atoms in total. The summed E-state index contributed by atoms with van der Waals surface area (Å²) >= 11 is -5.86. The van der Waals surface area contributed by atoms with Crippen molar-refractivity contribution < 1.29 is 16.4 Å². The Morgan fingerprint density at radius 2 is 0.889 bits per heavy atom. The first-order valence-corrected chi connectivity index (χ1v) is 53.1. The van der Waals surface area contributed by atoms with Crippen molar-refractivity contribution in [2.24, 2.45) is 11.8 Å². The Kier molecular flexibility index (Phi) is 14.2. The van der Waals surface area contributed by atoms with Crippen LogP contribution in [0.15, 0.2) is 114 Å². The summed E-state index contributed by atoms with van der Waals surface area (Å²) in [7, 11) is 11.9. The molecule has 8 heteroatoms. The van der Waals surface area contributed by atoms with Crippen molar-refractivity contribution in [1.29, 1.82) is 0 Å². The van der Waals surface area contributed by atoms with E-state index in [2.05, 4.69) is 235 Å². The van der Waals surface area contributed by atoms with Gasteiger partial charge in [0.1, 0.15) is 0 Å². The predicted octanol–water partition coefficient (Wildman–Crippen LogP) is 14.9. The van der Waals surface area contributed by atoms with Crippen LogP contribution in [0, 0.1) is 25.7 Å². The number of allylic oxidation sites excluding steroid dienone is 2. The summed E-state index contributed by atoms with van der Waals surface area (Å²) in [6, 6.07) is 41.7. The number of benzene rings is 6. The quantitative estimate of drug-likeness (QED) is 0.101. The summed E-state index contributed by atoms with van der Waals surface area (Å²) in [4.78, 5) is 0. The molecule has 0 radical (unpaired) electrons. The number of rotatable bonds is 13. The van der Waals surface area contributed by atoms with E-state index < -0.39 is 58.2 Å². The second kappa shape index (κ2) is 18.8. The first-order valence-electron chi connectivity index (χ1n) is 27.3. The maximum atomic E-state index is 9.76. The fourth-order valence-electron chi connectivity index (χ4n) is 12.8. The molecule has 3 aliphatic rings. The minimum absolute atomic E-state index is 0.123. The average molecular weight is 1150 g/mol.